The number of ether oxygens (including phenoxy) is 2. The quantitative estimate of drug-likeness (QED) is 0.670. The van der Waals surface area contributed by atoms with Crippen LogP contribution in [-0.2, 0) is 14.3 Å². The predicted molar refractivity (Wildman–Crippen MR) is 89.7 cm³/mol. The Balaban J connectivity index is 2.35. The molecule has 0 aliphatic carbocycles. The number of rotatable bonds is 7. The van der Waals surface area contributed by atoms with Gasteiger partial charge in [0.05, 0.1) is 0 Å². The predicted octanol–water partition coefficient (Wildman–Crippen LogP) is 2.21. The van der Waals surface area contributed by atoms with E-state index in [0.717, 1.165) is 5.69 Å². The zero-order chi connectivity index (χ0) is 17.3. The van der Waals surface area contributed by atoms with Gasteiger partial charge in [-0.3, -0.25) is 4.79 Å². The van der Waals surface area contributed by atoms with Gasteiger partial charge in [-0.05, 0) is 39.0 Å². The van der Waals surface area contributed by atoms with Crippen LogP contribution in [0.4, 0.5) is 16.2 Å². The van der Waals surface area contributed by atoms with Gasteiger partial charge in [-0.25, -0.2) is 4.79 Å². The Hall–Kier alpha value is -2.28. The summed E-state index contributed by atoms with van der Waals surface area (Å²) in [6, 6.07) is 7.30. The van der Waals surface area contributed by atoms with Gasteiger partial charge in [-0.1, -0.05) is 6.07 Å². The minimum Gasteiger partial charge on any atom is -0.444 e. The number of methoxy groups -OCH3 is 1. The van der Waals surface area contributed by atoms with Crippen molar-refractivity contribution in [3.63, 3.8) is 0 Å². The third-order valence-corrected chi connectivity index (χ3v) is 2.54. The molecular weight excluding hydrogens is 298 g/mol. The summed E-state index contributed by atoms with van der Waals surface area (Å²) in [6.45, 7) is 6.41. The third-order valence-electron chi connectivity index (χ3n) is 2.54. The normalized spacial score (nSPS) is 10.8. The first-order chi connectivity index (χ1) is 10.8. The monoisotopic (exact) mass is 323 g/mol. The Labute approximate surface area is 136 Å². The lowest BCUT2D eigenvalue weighted by molar-refractivity contribution is -0.119. The zero-order valence-corrected chi connectivity index (χ0v) is 14.1. The summed E-state index contributed by atoms with van der Waals surface area (Å²) in [5.74, 6) is -0.212. The van der Waals surface area contributed by atoms with Crippen molar-refractivity contribution in [3.05, 3.63) is 24.3 Å². The van der Waals surface area contributed by atoms with Gasteiger partial charge >= 0.3 is 6.09 Å². The van der Waals surface area contributed by atoms with Crippen LogP contribution in [0.2, 0.25) is 0 Å². The van der Waals surface area contributed by atoms with Crippen molar-refractivity contribution in [1.29, 1.82) is 0 Å². The van der Waals surface area contributed by atoms with E-state index in [-0.39, 0.29) is 12.5 Å². The first kappa shape index (κ1) is 18.8. The fourth-order valence-corrected chi connectivity index (χ4v) is 1.72. The molecule has 0 saturated carbocycles. The topological polar surface area (TPSA) is 88.7 Å². The second kappa shape index (κ2) is 8.99. The summed E-state index contributed by atoms with van der Waals surface area (Å²) in [7, 11) is 1.47. The standard InChI is InChI=1S/C16H25N3O4/c1-16(2,3)23-15(21)18-9-8-17-12-6-5-7-13(10-12)19-14(20)11-22-4/h5-7,10,17H,8-9,11H2,1-4H3,(H,18,21)(H,19,20). The van der Waals surface area contributed by atoms with Crippen LogP contribution in [0, 0.1) is 0 Å². The summed E-state index contributed by atoms with van der Waals surface area (Å²) in [6.07, 6.45) is -0.445. The minimum absolute atomic E-state index is 0.0114. The molecule has 0 aliphatic heterocycles. The van der Waals surface area contributed by atoms with Crippen molar-refractivity contribution in [2.75, 3.05) is 37.4 Å². The molecule has 0 saturated heterocycles. The molecule has 0 heterocycles. The van der Waals surface area contributed by atoms with E-state index in [2.05, 4.69) is 16.0 Å². The van der Waals surface area contributed by atoms with Crippen LogP contribution < -0.4 is 16.0 Å². The Morgan fingerprint density at radius 1 is 1.13 bits per heavy atom. The van der Waals surface area contributed by atoms with Crippen LogP contribution in [0.25, 0.3) is 0 Å². The minimum atomic E-state index is -0.508. The van der Waals surface area contributed by atoms with Crippen LogP contribution in [0.15, 0.2) is 24.3 Å². The number of anilines is 2. The molecule has 0 fully saturated rings. The van der Waals surface area contributed by atoms with E-state index in [1.54, 1.807) is 12.1 Å². The van der Waals surface area contributed by atoms with E-state index < -0.39 is 11.7 Å². The van der Waals surface area contributed by atoms with Gasteiger partial charge in [-0.2, -0.15) is 0 Å². The number of carbonyl (C=O) groups excluding carboxylic acids is 2. The SMILES string of the molecule is COCC(=O)Nc1cccc(NCCNC(=O)OC(C)(C)C)c1. The molecule has 0 radical (unpaired) electrons. The van der Waals surface area contributed by atoms with E-state index in [4.69, 9.17) is 9.47 Å². The van der Waals surface area contributed by atoms with Gasteiger partial charge in [0.15, 0.2) is 0 Å². The molecule has 0 aromatic heterocycles. The lowest BCUT2D eigenvalue weighted by atomic mass is 10.2. The van der Waals surface area contributed by atoms with Gasteiger partial charge < -0.3 is 25.4 Å². The van der Waals surface area contributed by atoms with Gasteiger partial charge in [0.25, 0.3) is 0 Å². The molecular formula is C16H25N3O4. The van der Waals surface area contributed by atoms with Crippen molar-refractivity contribution in [3.8, 4) is 0 Å². The third kappa shape index (κ3) is 8.67. The molecule has 0 aliphatic rings. The highest BCUT2D eigenvalue weighted by atomic mass is 16.6. The van der Waals surface area contributed by atoms with Crippen LogP contribution in [0.1, 0.15) is 20.8 Å². The Kier molecular flexibility index (Phi) is 7.34. The van der Waals surface area contributed by atoms with Gasteiger partial charge in [0.1, 0.15) is 12.2 Å². The molecule has 2 amide bonds. The summed E-state index contributed by atoms with van der Waals surface area (Å²) in [4.78, 5) is 22.9. The van der Waals surface area contributed by atoms with Crippen molar-refractivity contribution in [2.45, 2.75) is 26.4 Å². The average molecular weight is 323 g/mol. The number of alkyl carbamates (subject to hydrolysis) is 1. The van der Waals surface area contributed by atoms with Crippen LogP contribution in [0.5, 0.6) is 0 Å². The number of hydrogen-bond donors (Lipinski definition) is 3. The summed E-state index contributed by atoms with van der Waals surface area (Å²) in [5.41, 5.74) is 1.01. The highest BCUT2D eigenvalue weighted by molar-refractivity contribution is 5.92. The second-order valence-corrected chi connectivity index (χ2v) is 5.92. The van der Waals surface area contributed by atoms with Crippen LogP contribution in [-0.4, -0.2) is 44.4 Å². The van der Waals surface area contributed by atoms with Gasteiger partial charge in [0.2, 0.25) is 5.91 Å². The Morgan fingerprint density at radius 3 is 2.48 bits per heavy atom. The molecule has 1 aromatic carbocycles. The number of benzene rings is 1. The highest BCUT2D eigenvalue weighted by Crippen LogP contribution is 2.14. The lowest BCUT2D eigenvalue weighted by Crippen LogP contribution is -2.35. The van der Waals surface area contributed by atoms with E-state index in [1.807, 2.05) is 32.9 Å². The number of nitrogens with one attached hydrogen (secondary N) is 3. The smallest absolute Gasteiger partial charge is 0.407 e. The Bertz CT molecular complexity index is 526. The molecule has 0 spiro atoms. The zero-order valence-electron chi connectivity index (χ0n) is 14.1. The Morgan fingerprint density at radius 2 is 1.83 bits per heavy atom. The molecule has 7 heteroatoms. The maximum absolute atomic E-state index is 11.5. The fraction of sp³-hybridized carbons (Fsp3) is 0.500. The molecule has 7 nitrogen and oxygen atoms in total. The molecule has 1 rings (SSSR count). The largest absolute Gasteiger partial charge is 0.444 e. The molecule has 0 atom stereocenters. The van der Waals surface area contributed by atoms with Crippen molar-refractivity contribution >= 4 is 23.4 Å². The molecule has 0 unspecified atom stereocenters. The van der Waals surface area contributed by atoms with E-state index >= 15 is 0 Å². The number of carbonyl (C=O) groups is 2. The van der Waals surface area contributed by atoms with E-state index in [0.29, 0.717) is 18.8 Å². The molecule has 128 valence electrons. The lowest BCUT2D eigenvalue weighted by Gasteiger charge is -2.19. The number of hydrogen-bond acceptors (Lipinski definition) is 5. The van der Waals surface area contributed by atoms with E-state index in [9.17, 15) is 9.59 Å². The molecule has 23 heavy (non-hydrogen) atoms. The van der Waals surface area contributed by atoms with Crippen molar-refractivity contribution in [2.24, 2.45) is 0 Å². The summed E-state index contributed by atoms with van der Waals surface area (Å²) < 4.78 is 9.90. The highest BCUT2D eigenvalue weighted by Gasteiger charge is 2.15. The molecule has 1 aromatic rings. The first-order valence-corrected chi connectivity index (χ1v) is 7.40. The average Bonchev–Trinajstić information content (AvgIpc) is 2.42. The van der Waals surface area contributed by atoms with Gasteiger partial charge in [-0.15, -0.1) is 0 Å². The number of amides is 2. The van der Waals surface area contributed by atoms with Crippen LogP contribution in [0.3, 0.4) is 0 Å². The first-order valence-electron chi connectivity index (χ1n) is 7.40. The fourth-order valence-electron chi connectivity index (χ4n) is 1.72. The van der Waals surface area contributed by atoms with Crippen molar-refractivity contribution in [1.82, 2.24) is 5.32 Å². The maximum Gasteiger partial charge on any atom is 0.407 e. The summed E-state index contributed by atoms with van der Waals surface area (Å²) >= 11 is 0. The summed E-state index contributed by atoms with van der Waals surface area (Å²) in [5, 5.41) is 8.54. The molecule has 3 N–H and O–H groups in total. The van der Waals surface area contributed by atoms with E-state index in [1.165, 1.54) is 7.11 Å². The second-order valence-electron chi connectivity index (χ2n) is 5.92. The van der Waals surface area contributed by atoms with Gasteiger partial charge in [0, 0.05) is 31.6 Å². The van der Waals surface area contributed by atoms with Crippen LogP contribution >= 0.6 is 0 Å². The maximum atomic E-state index is 11.5. The van der Waals surface area contributed by atoms with Crippen molar-refractivity contribution < 1.29 is 19.1 Å². The molecule has 0 bridgehead atoms.